The SMILES string of the molecule is NC(=O)C1=CNC(=O)CC1. The van der Waals surface area contributed by atoms with Crippen molar-refractivity contribution in [2.24, 2.45) is 5.73 Å². The molecule has 2 amide bonds. The Bertz CT molecular complexity index is 208. The van der Waals surface area contributed by atoms with Gasteiger partial charge in [0.25, 0.3) is 0 Å². The molecule has 0 aliphatic carbocycles. The summed E-state index contributed by atoms with van der Waals surface area (Å²) in [7, 11) is 0. The van der Waals surface area contributed by atoms with Crippen molar-refractivity contribution in [3.05, 3.63) is 11.8 Å². The van der Waals surface area contributed by atoms with Crippen LogP contribution in [0.1, 0.15) is 12.8 Å². The first-order valence-corrected chi connectivity index (χ1v) is 2.98. The van der Waals surface area contributed by atoms with Crippen LogP contribution < -0.4 is 11.1 Å². The minimum atomic E-state index is -0.458. The van der Waals surface area contributed by atoms with E-state index in [4.69, 9.17) is 5.73 Å². The van der Waals surface area contributed by atoms with Gasteiger partial charge in [0, 0.05) is 18.2 Å². The monoisotopic (exact) mass is 140 g/mol. The lowest BCUT2D eigenvalue weighted by Gasteiger charge is -2.08. The van der Waals surface area contributed by atoms with Crippen molar-refractivity contribution >= 4 is 11.8 Å². The van der Waals surface area contributed by atoms with Crippen molar-refractivity contribution in [3.8, 4) is 0 Å². The van der Waals surface area contributed by atoms with E-state index in [9.17, 15) is 9.59 Å². The summed E-state index contributed by atoms with van der Waals surface area (Å²) in [6, 6.07) is 0. The van der Waals surface area contributed by atoms with Crippen LogP contribution in [-0.2, 0) is 9.59 Å². The van der Waals surface area contributed by atoms with Gasteiger partial charge in [0.1, 0.15) is 0 Å². The van der Waals surface area contributed by atoms with Crippen molar-refractivity contribution in [1.29, 1.82) is 0 Å². The van der Waals surface area contributed by atoms with Gasteiger partial charge in [0.2, 0.25) is 11.8 Å². The molecule has 1 aliphatic rings. The van der Waals surface area contributed by atoms with Gasteiger partial charge in [0.05, 0.1) is 0 Å². The minimum Gasteiger partial charge on any atom is -0.366 e. The van der Waals surface area contributed by atoms with E-state index in [1.165, 1.54) is 6.20 Å². The Morgan fingerprint density at radius 3 is 2.70 bits per heavy atom. The zero-order valence-corrected chi connectivity index (χ0v) is 5.39. The quantitative estimate of drug-likeness (QED) is 0.503. The number of nitrogens with two attached hydrogens (primary N) is 1. The summed E-state index contributed by atoms with van der Waals surface area (Å²) in [4.78, 5) is 21.0. The number of primary amides is 1. The molecular formula is C6H8N2O2. The number of carbonyl (C=O) groups excluding carboxylic acids is 2. The Balaban J connectivity index is 2.65. The molecular weight excluding hydrogens is 132 g/mol. The lowest BCUT2D eigenvalue weighted by molar-refractivity contribution is -0.120. The molecule has 54 valence electrons. The van der Waals surface area contributed by atoms with Gasteiger partial charge in [-0.15, -0.1) is 0 Å². The van der Waals surface area contributed by atoms with Crippen LogP contribution in [0.5, 0.6) is 0 Å². The molecule has 3 N–H and O–H groups in total. The van der Waals surface area contributed by atoms with Crippen LogP contribution in [-0.4, -0.2) is 11.8 Å². The Morgan fingerprint density at radius 2 is 2.30 bits per heavy atom. The third kappa shape index (κ3) is 1.34. The van der Waals surface area contributed by atoms with Crippen molar-refractivity contribution in [3.63, 3.8) is 0 Å². The fourth-order valence-corrected chi connectivity index (χ4v) is 0.754. The summed E-state index contributed by atoms with van der Waals surface area (Å²) in [5.41, 5.74) is 5.44. The average Bonchev–Trinajstić information content (AvgIpc) is 1.88. The molecule has 0 saturated carbocycles. The van der Waals surface area contributed by atoms with Crippen molar-refractivity contribution in [2.75, 3.05) is 0 Å². The number of rotatable bonds is 1. The minimum absolute atomic E-state index is 0.0648. The molecule has 4 nitrogen and oxygen atoms in total. The van der Waals surface area contributed by atoms with Crippen molar-refractivity contribution in [2.45, 2.75) is 12.8 Å². The summed E-state index contributed by atoms with van der Waals surface area (Å²) in [5.74, 6) is -0.523. The summed E-state index contributed by atoms with van der Waals surface area (Å²) in [6.07, 6.45) is 2.18. The first-order valence-electron chi connectivity index (χ1n) is 2.98. The second-order valence-corrected chi connectivity index (χ2v) is 2.10. The van der Waals surface area contributed by atoms with E-state index in [2.05, 4.69) is 5.32 Å². The molecule has 1 aliphatic heterocycles. The number of hydrogen-bond donors (Lipinski definition) is 2. The Labute approximate surface area is 58.1 Å². The maximum atomic E-state index is 10.5. The predicted octanol–water partition coefficient (Wildman–Crippen LogP) is -0.734. The second-order valence-electron chi connectivity index (χ2n) is 2.10. The van der Waals surface area contributed by atoms with Gasteiger partial charge >= 0.3 is 0 Å². The maximum Gasteiger partial charge on any atom is 0.246 e. The third-order valence-electron chi connectivity index (χ3n) is 1.35. The molecule has 0 radical (unpaired) electrons. The third-order valence-corrected chi connectivity index (χ3v) is 1.35. The predicted molar refractivity (Wildman–Crippen MR) is 34.7 cm³/mol. The van der Waals surface area contributed by atoms with Crippen LogP contribution in [0.4, 0.5) is 0 Å². The Morgan fingerprint density at radius 1 is 1.60 bits per heavy atom. The molecule has 1 rings (SSSR count). The number of hydrogen-bond acceptors (Lipinski definition) is 2. The number of amides is 2. The molecule has 0 atom stereocenters. The van der Waals surface area contributed by atoms with Crippen LogP contribution in [0.15, 0.2) is 11.8 Å². The molecule has 0 aromatic rings. The topological polar surface area (TPSA) is 72.2 Å². The molecule has 0 spiro atoms. The van der Waals surface area contributed by atoms with Gasteiger partial charge in [-0.25, -0.2) is 0 Å². The van der Waals surface area contributed by atoms with E-state index in [0.717, 1.165) is 0 Å². The second kappa shape index (κ2) is 2.51. The smallest absolute Gasteiger partial charge is 0.246 e. The zero-order valence-electron chi connectivity index (χ0n) is 5.39. The summed E-state index contributed by atoms with van der Waals surface area (Å²) >= 11 is 0. The normalized spacial score (nSPS) is 17.6. The molecule has 10 heavy (non-hydrogen) atoms. The first kappa shape index (κ1) is 6.80. The lowest BCUT2D eigenvalue weighted by atomic mass is 10.1. The first-order chi connectivity index (χ1) is 4.70. The van der Waals surface area contributed by atoms with Gasteiger partial charge in [-0.2, -0.15) is 0 Å². The molecule has 4 heteroatoms. The van der Waals surface area contributed by atoms with Gasteiger partial charge in [-0.1, -0.05) is 0 Å². The van der Waals surface area contributed by atoms with E-state index in [1.54, 1.807) is 0 Å². The highest BCUT2D eigenvalue weighted by atomic mass is 16.2. The van der Waals surface area contributed by atoms with E-state index < -0.39 is 5.91 Å². The van der Waals surface area contributed by atoms with E-state index in [-0.39, 0.29) is 5.91 Å². The van der Waals surface area contributed by atoms with E-state index in [0.29, 0.717) is 18.4 Å². The standard InChI is InChI=1S/C6H8N2O2/c7-6(10)4-1-2-5(9)8-3-4/h3H,1-2H2,(H2,7,10)(H,8,9). The fraction of sp³-hybridized carbons (Fsp3) is 0.333. The van der Waals surface area contributed by atoms with Crippen LogP contribution in [0.2, 0.25) is 0 Å². The number of carbonyl (C=O) groups is 2. The largest absolute Gasteiger partial charge is 0.366 e. The highest BCUT2D eigenvalue weighted by Gasteiger charge is 2.12. The summed E-state index contributed by atoms with van der Waals surface area (Å²) < 4.78 is 0. The molecule has 0 saturated heterocycles. The zero-order chi connectivity index (χ0) is 7.56. The molecule has 0 bridgehead atoms. The van der Waals surface area contributed by atoms with Crippen molar-refractivity contribution < 1.29 is 9.59 Å². The number of nitrogens with one attached hydrogen (secondary N) is 1. The van der Waals surface area contributed by atoms with Gasteiger partial charge in [0.15, 0.2) is 0 Å². The Hall–Kier alpha value is -1.32. The summed E-state index contributed by atoms with van der Waals surface area (Å²) in [5, 5.41) is 2.41. The Kier molecular flexibility index (Phi) is 1.71. The van der Waals surface area contributed by atoms with Crippen LogP contribution in [0.3, 0.4) is 0 Å². The highest BCUT2D eigenvalue weighted by Crippen LogP contribution is 2.07. The van der Waals surface area contributed by atoms with Gasteiger partial charge in [-0.3, -0.25) is 9.59 Å². The average molecular weight is 140 g/mol. The molecule has 0 aromatic heterocycles. The fourth-order valence-electron chi connectivity index (χ4n) is 0.754. The van der Waals surface area contributed by atoms with E-state index >= 15 is 0 Å². The summed E-state index contributed by atoms with van der Waals surface area (Å²) in [6.45, 7) is 0. The van der Waals surface area contributed by atoms with Crippen LogP contribution in [0.25, 0.3) is 0 Å². The van der Waals surface area contributed by atoms with Crippen molar-refractivity contribution in [1.82, 2.24) is 5.32 Å². The van der Waals surface area contributed by atoms with Gasteiger partial charge < -0.3 is 11.1 Å². The maximum absolute atomic E-state index is 10.5. The molecule has 0 aromatic carbocycles. The van der Waals surface area contributed by atoms with Crippen LogP contribution >= 0.6 is 0 Å². The van der Waals surface area contributed by atoms with Gasteiger partial charge in [-0.05, 0) is 6.42 Å². The molecule has 1 heterocycles. The lowest BCUT2D eigenvalue weighted by Crippen LogP contribution is -2.26. The van der Waals surface area contributed by atoms with Crippen LogP contribution in [0, 0.1) is 0 Å². The van der Waals surface area contributed by atoms with E-state index in [1.807, 2.05) is 0 Å². The molecule has 0 fully saturated rings. The highest BCUT2D eigenvalue weighted by molar-refractivity contribution is 5.94. The molecule has 0 unspecified atom stereocenters.